The smallest absolute Gasteiger partial charge is 0.307 e. The molecule has 0 aliphatic carbocycles. The van der Waals surface area contributed by atoms with Crippen LogP contribution < -0.4 is 4.72 Å². The third kappa shape index (κ3) is 4.47. The van der Waals surface area contributed by atoms with Crippen LogP contribution in [0.2, 0.25) is 0 Å². The van der Waals surface area contributed by atoms with Gasteiger partial charge in [-0.1, -0.05) is 30.3 Å². The quantitative estimate of drug-likeness (QED) is 0.602. The van der Waals surface area contributed by atoms with E-state index in [-0.39, 0.29) is 41.5 Å². The molecule has 154 valence electrons. The van der Waals surface area contributed by atoms with Crippen LogP contribution >= 0.6 is 0 Å². The SMILES string of the molecule is O=C(CCNS(=O)(=O)c1ccccc1)OCCN1C(=O)c2ccccc2S1(=O)=O. The maximum atomic E-state index is 12.4. The Bertz CT molecular complexity index is 1130. The van der Waals surface area contributed by atoms with Crippen LogP contribution in [0.15, 0.2) is 64.4 Å². The Labute approximate surface area is 168 Å². The molecule has 1 heterocycles. The summed E-state index contributed by atoms with van der Waals surface area (Å²) in [5.74, 6) is -1.39. The van der Waals surface area contributed by atoms with Crippen molar-refractivity contribution in [3.05, 3.63) is 60.2 Å². The summed E-state index contributed by atoms with van der Waals surface area (Å²) < 4.78 is 56.7. The lowest BCUT2D eigenvalue weighted by Gasteiger charge is -2.15. The lowest BCUT2D eigenvalue weighted by molar-refractivity contribution is -0.143. The van der Waals surface area contributed by atoms with Crippen LogP contribution in [0.25, 0.3) is 0 Å². The molecule has 9 nitrogen and oxygen atoms in total. The number of carbonyl (C=O) groups is 2. The van der Waals surface area contributed by atoms with Gasteiger partial charge in [-0.3, -0.25) is 9.59 Å². The first-order chi connectivity index (χ1) is 13.7. The van der Waals surface area contributed by atoms with Gasteiger partial charge in [-0.2, -0.15) is 0 Å². The normalized spacial score (nSPS) is 15.2. The number of amides is 1. The molecular weight excluding hydrogens is 420 g/mol. The number of nitrogens with zero attached hydrogens (tertiary/aromatic N) is 1. The van der Waals surface area contributed by atoms with E-state index in [2.05, 4.69) is 4.72 Å². The molecule has 0 saturated carbocycles. The molecular formula is C18H18N2O7S2. The molecule has 1 amide bonds. The first-order valence-electron chi connectivity index (χ1n) is 8.60. The number of fused-ring (bicyclic) bond motifs is 1. The van der Waals surface area contributed by atoms with Crippen LogP contribution in [-0.2, 0) is 29.6 Å². The van der Waals surface area contributed by atoms with Gasteiger partial charge in [-0.05, 0) is 24.3 Å². The van der Waals surface area contributed by atoms with Gasteiger partial charge < -0.3 is 4.74 Å². The molecule has 3 rings (SSSR count). The van der Waals surface area contributed by atoms with Crippen molar-refractivity contribution in [2.75, 3.05) is 19.7 Å². The number of hydrogen-bond acceptors (Lipinski definition) is 7. The summed E-state index contributed by atoms with van der Waals surface area (Å²) in [4.78, 5) is 24.0. The zero-order valence-electron chi connectivity index (χ0n) is 15.1. The summed E-state index contributed by atoms with van der Waals surface area (Å²) in [6, 6.07) is 13.5. The molecule has 2 aromatic rings. The molecule has 1 N–H and O–H groups in total. The number of rotatable bonds is 8. The van der Waals surface area contributed by atoms with E-state index in [0.29, 0.717) is 4.31 Å². The highest BCUT2D eigenvalue weighted by atomic mass is 32.2. The molecule has 0 aromatic heterocycles. The molecule has 29 heavy (non-hydrogen) atoms. The van der Waals surface area contributed by atoms with Gasteiger partial charge in [-0.15, -0.1) is 0 Å². The Morgan fingerprint density at radius 2 is 1.69 bits per heavy atom. The average Bonchev–Trinajstić information content (AvgIpc) is 2.89. The van der Waals surface area contributed by atoms with Crippen molar-refractivity contribution >= 4 is 31.9 Å². The Hall–Kier alpha value is -2.76. The molecule has 0 atom stereocenters. The van der Waals surface area contributed by atoms with E-state index in [4.69, 9.17) is 4.74 Å². The fourth-order valence-electron chi connectivity index (χ4n) is 2.74. The molecule has 0 spiro atoms. The maximum Gasteiger partial charge on any atom is 0.307 e. The summed E-state index contributed by atoms with van der Waals surface area (Å²) in [6.07, 6.45) is -0.243. The van der Waals surface area contributed by atoms with Gasteiger partial charge in [0, 0.05) is 6.54 Å². The minimum absolute atomic E-state index is 0.0747. The molecule has 1 aliphatic rings. The van der Waals surface area contributed by atoms with Crippen molar-refractivity contribution in [2.45, 2.75) is 16.2 Å². The Balaban J connectivity index is 1.47. The predicted molar refractivity (Wildman–Crippen MR) is 102 cm³/mol. The van der Waals surface area contributed by atoms with Crippen molar-refractivity contribution in [3.8, 4) is 0 Å². The Kier molecular flexibility index (Phi) is 6.01. The molecule has 0 radical (unpaired) electrons. The second-order valence-electron chi connectivity index (χ2n) is 6.06. The van der Waals surface area contributed by atoms with Gasteiger partial charge in [0.2, 0.25) is 10.0 Å². The standard InChI is InChI=1S/C18H18N2O7S2/c21-17(10-11-19-28(23,24)14-6-2-1-3-7-14)27-13-12-20-18(22)15-8-4-5-9-16(15)29(20,25)26/h1-9,19H,10-13H2. The fraction of sp³-hybridized carbons (Fsp3) is 0.222. The van der Waals surface area contributed by atoms with E-state index in [1.807, 2.05) is 0 Å². The minimum atomic E-state index is -3.96. The van der Waals surface area contributed by atoms with Crippen molar-refractivity contribution in [2.24, 2.45) is 0 Å². The number of benzene rings is 2. The van der Waals surface area contributed by atoms with E-state index < -0.39 is 31.9 Å². The number of sulfonamides is 2. The molecule has 11 heteroatoms. The first-order valence-corrected chi connectivity index (χ1v) is 11.5. The maximum absolute atomic E-state index is 12.4. The molecule has 0 bridgehead atoms. The van der Waals surface area contributed by atoms with Crippen molar-refractivity contribution in [1.29, 1.82) is 0 Å². The number of hydrogen-bond donors (Lipinski definition) is 1. The minimum Gasteiger partial charge on any atom is -0.464 e. The number of nitrogens with one attached hydrogen (secondary N) is 1. The van der Waals surface area contributed by atoms with E-state index >= 15 is 0 Å². The van der Waals surface area contributed by atoms with E-state index in [1.165, 1.54) is 30.3 Å². The molecule has 0 fully saturated rings. The second kappa shape index (κ2) is 8.31. The highest BCUT2D eigenvalue weighted by molar-refractivity contribution is 7.90. The Morgan fingerprint density at radius 3 is 2.38 bits per heavy atom. The zero-order valence-corrected chi connectivity index (χ0v) is 16.8. The molecule has 1 aliphatic heterocycles. The van der Waals surface area contributed by atoms with Crippen molar-refractivity contribution in [1.82, 2.24) is 9.03 Å². The molecule has 2 aromatic carbocycles. The van der Waals surface area contributed by atoms with Crippen LogP contribution in [0, 0.1) is 0 Å². The van der Waals surface area contributed by atoms with Gasteiger partial charge in [-0.25, -0.2) is 25.9 Å². The van der Waals surface area contributed by atoms with Gasteiger partial charge in [0.05, 0.1) is 23.4 Å². The highest BCUT2D eigenvalue weighted by Crippen LogP contribution is 2.29. The predicted octanol–water partition coefficient (Wildman–Crippen LogP) is 0.743. The van der Waals surface area contributed by atoms with Crippen molar-refractivity contribution < 1.29 is 31.2 Å². The van der Waals surface area contributed by atoms with Crippen LogP contribution in [0.5, 0.6) is 0 Å². The number of esters is 1. The summed E-state index contributed by atoms with van der Waals surface area (Å²) in [7, 11) is -7.69. The van der Waals surface area contributed by atoms with Crippen LogP contribution in [0.4, 0.5) is 0 Å². The molecule has 0 unspecified atom stereocenters. The summed E-state index contributed by atoms with van der Waals surface area (Å²) >= 11 is 0. The van der Waals surface area contributed by atoms with Gasteiger partial charge in [0.1, 0.15) is 11.5 Å². The summed E-state index contributed by atoms with van der Waals surface area (Å²) in [6.45, 7) is -0.830. The van der Waals surface area contributed by atoms with Gasteiger partial charge >= 0.3 is 5.97 Å². The number of carbonyl (C=O) groups excluding carboxylic acids is 2. The molecule has 0 saturated heterocycles. The summed E-state index contributed by atoms with van der Waals surface area (Å²) in [5.41, 5.74) is 0.0779. The summed E-state index contributed by atoms with van der Waals surface area (Å²) in [5, 5.41) is 0. The van der Waals surface area contributed by atoms with Crippen molar-refractivity contribution in [3.63, 3.8) is 0 Å². The largest absolute Gasteiger partial charge is 0.464 e. The number of ether oxygens (including phenoxy) is 1. The lowest BCUT2D eigenvalue weighted by atomic mass is 10.2. The zero-order chi connectivity index (χ0) is 21.1. The van der Waals surface area contributed by atoms with Crippen LogP contribution in [0.3, 0.4) is 0 Å². The second-order valence-corrected chi connectivity index (χ2v) is 9.66. The topological polar surface area (TPSA) is 127 Å². The van der Waals surface area contributed by atoms with E-state index in [1.54, 1.807) is 24.3 Å². The fourth-order valence-corrected chi connectivity index (χ4v) is 5.34. The van der Waals surface area contributed by atoms with Gasteiger partial charge in [0.15, 0.2) is 0 Å². The van der Waals surface area contributed by atoms with E-state index in [0.717, 1.165) is 0 Å². The Morgan fingerprint density at radius 1 is 1.03 bits per heavy atom. The average molecular weight is 438 g/mol. The van der Waals surface area contributed by atoms with Crippen LogP contribution in [-0.4, -0.2) is 52.7 Å². The third-order valence-corrected chi connectivity index (χ3v) is 7.46. The highest BCUT2D eigenvalue weighted by Gasteiger charge is 2.40. The van der Waals surface area contributed by atoms with E-state index in [9.17, 15) is 26.4 Å². The first kappa shape index (κ1) is 21.0. The third-order valence-electron chi connectivity index (χ3n) is 4.14. The lowest BCUT2D eigenvalue weighted by Crippen LogP contribution is -2.34. The van der Waals surface area contributed by atoms with Crippen LogP contribution in [0.1, 0.15) is 16.8 Å². The van der Waals surface area contributed by atoms with Gasteiger partial charge in [0.25, 0.3) is 15.9 Å². The monoisotopic (exact) mass is 438 g/mol.